The summed E-state index contributed by atoms with van der Waals surface area (Å²) in [7, 11) is 0. The van der Waals surface area contributed by atoms with Crippen LogP contribution in [0.1, 0.15) is 20.8 Å². The van der Waals surface area contributed by atoms with Crippen molar-refractivity contribution in [2.24, 2.45) is 0 Å². The molecule has 0 aromatic heterocycles. The molecule has 0 spiro atoms. The monoisotopic (exact) mass is 240 g/mol. The predicted octanol–water partition coefficient (Wildman–Crippen LogP) is 3.04. The Morgan fingerprint density at radius 3 is 1.18 bits per heavy atom. The molecule has 0 aliphatic carbocycles. The Morgan fingerprint density at radius 1 is 0.941 bits per heavy atom. The Morgan fingerprint density at radius 2 is 1.12 bits per heavy atom. The molecule has 0 amide bonds. The predicted molar refractivity (Wildman–Crippen MR) is 69.9 cm³/mol. The number of carbonyl (C=O) groups is 2. The molecule has 2 N–H and O–H groups in total. The minimum atomic E-state index is -1.26. The fourth-order valence-corrected chi connectivity index (χ4v) is 0.143. The van der Waals surface area contributed by atoms with Gasteiger partial charge in [-0.3, -0.25) is 0 Å². The summed E-state index contributed by atoms with van der Waals surface area (Å²) in [4.78, 5) is 19.1. The second-order valence-corrected chi connectivity index (χ2v) is 3.27. The zero-order chi connectivity index (χ0) is 14.4. The van der Waals surface area contributed by atoms with E-state index in [1.807, 2.05) is 20.8 Å². The van der Waals surface area contributed by atoms with E-state index in [-0.39, 0.29) is 0 Å². The standard InChI is InChI=1S/C5H8.C4H4O4.C4H8/c1-4-5(2)3;5-3(6)1-2-4(7)8;1-4(2)3/h4H,1-2H2,3H3;1-2H,(H,5,6)(H,7,8);1H2,2-3H3/b;2-1-;. The Labute approximate surface area is 102 Å². The fourth-order valence-electron chi connectivity index (χ4n) is 0.143. The van der Waals surface area contributed by atoms with Crippen LogP contribution < -0.4 is 0 Å². The highest BCUT2D eigenvalue weighted by molar-refractivity contribution is 5.89. The van der Waals surface area contributed by atoms with Crippen LogP contribution in [0, 0.1) is 0 Å². The molecule has 4 heteroatoms. The van der Waals surface area contributed by atoms with E-state index in [0.29, 0.717) is 12.2 Å². The summed E-state index contributed by atoms with van der Waals surface area (Å²) in [5, 5.41) is 15.6. The van der Waals surface area contributed by atoms with E-state index >= 15 is 0 Å². The zero-order valence-electron chi connectivity index (χ0n) is 10.6. The van der Waals surface area contributed by atoms with E-state index in [1.165, 1.54) is 5.57 Å². The van der Waals surface area contributed by atoms with Gasteiger partial charge in [0, 0.05) is 12.2 Å². The molecule has 0 radical (unpaired) electrons. The minimum absolute atomic E-state index is 0.558. The van der Waals surface area contributed by atoms with Crippen LogP contribution in [0.4, 0.5) is 0 Å². The molecule has 0 bridgehead atoms. The van der Waals surface area contributed by atoms with Crippen LogP contribution in [0.25, 0.3) is 0 Å². The molecule has 0 saturated carbocycles. The number of hydrogen-bond donors (Lipinski definition) is 2. The zero-order valence-corrected chi connectivity index (χ0v) is 10.6. The average molecular weight is 240 g/mol. The van der Waals surface area contributed by atoms with E-state index in [4.69, 9.17) is 10.2 Å². The van der Waals surface area contributed by atoms with E-state index in [9.17, 15) is 9.59 Å². The number of hydrogen-bond acceptors (Lipinski definition) is 2. The number of allylic oxidation sites excluding steroid dienone is 3. The Hall–Kier alpha value is -2.10. The third-order valence-electron chi connectivity index (χ3n) is 0.717. The van der Waals surface area contributed by atoms with Crippen LogP contribution in [-0.4, -0.2) is 22.2 Å². The fraction of sp³-hybridized carbons (Fsp3) is 0.231. The lowest BCUT2D eigenvalue weighted by atomic mass is 10.4. The first-order chi connectivity index (χ1) is 7.63. The van der Waals surface area contributed by atoms with Crippen molar-refractivity contribution in [3.8, 4) is 0 Å². The summed E-state index contributed by atoms with van der Waals surface area (Å²) in [6.07, 6.45) is 2.84. The van der Waals surface area contributed by atoms with Crippen LogP contribution in [-0.2, 0) is 9.59 Å². The summed E-state index contributed by atoms with van der Waals surface area (Å²) in [6, 6.07) is 0. The van der Waals surface area contributed by atoms with Gasteiger partial charge in [0.2, 0.25) is 0 Å². The summed E-state index contributed by atoms with van der Waals surface area (Å²) in [5.74, 6) is -2.51. The van der Waals surface area contributed by atoms with Crippen LogP contribution in [0.5, 0.6) is 0 Å². The van der Waals surface area contributed by atoms with Crippen molar-refractivity contribution in [2.45, 2.75) is 20.8 Å². The third-order valence-corrected chi connectivity index (χ3v) is 0.717. The second kappa shape index (κ2) is 13.9. The van der Waals surface area contributed by atoms with Gasteiger partial charge >= 0.3 is 11.9 Å². The highest BCUT2D eigenvalue weighted by Crippen LogP contribution is 1.81. The summed E-state index contributed by atoms with van der Waals surface area (Å²) >= 11 is 0. The third kappa shape index (κ3) is 82.0. The van der Waals surface area contributed by atoms with Crippen LogP contribution in [0.15, 0.2) is 49.1 Å². The van der Waals surface area contributed by atoms with Gasteiger partial charge in [0.1, 0.15) is 0 Å². The molecular weight excluding hydrogens is 220 g/mol. The van der Waals surface area contributed by atoms with Gasteiger partial charge in [0.15, 0.2) is 0 Å². The lowest BCUT2D eigenvalue weighted by Gasteiger charge is -1.74. The van der Waals surface area contributed by atoms with E-state index in [1.54, 1.807) is 6.08 Å². The van der Waals surface area contributed by atoms with Crippen LogP contribution in [0.2, 0.25) is 0 Å². The van der Waals surface area contributed by atoms with Crippen molar-refractivity contribution in [3.05, 3.63) is 49.1 Å². The molecule has 0 aliphatic heterocycles. The smallest absolute Gasteiger partial charge is 0.328 e. The van der Waals surface area contributed by atoms with E-state index in [0.717, 1.165) is 5.57 Å². The quantitative estimate of drug-likeness (QED) is 0.451. The molecule has 4 nitrogen and oxygen atoms in total. The topological polar surface area (TPSA) is 74.6 Å². The van der Waals surface area contributed by atoms with Crippen molar-refractivity contribution >= 4 is 11.9 Å². The summed E-state index contributed by atoms with van der Waals surface area (Å²) < 4.78 is 0. The molecule has 0 heterocycles. The Balaban J connectivity index is -0.000000188. The van der Waals surface area contributed by atoms with Gasteiger partial charge in [-0.2, -0.15) is 0 Å². The molecule has 17 heavy (non-hydrogen) atoms. The van der Waals surface area contributed by atoms with Gasteiger partial charge in [0.25, 0.3) is 0 Å². The Bertz CT molecular complexity index is 291. The molecule has 0 saturated heterocycles. The summed E-state index contributed by atoms with van der Waals surface area (Å²) in [6.45, 7) is 16.4. The molecule has 0 atom stereocenters. The van der Waals surface area contributed by atoms with Crippen molar-refractivity contribution in [3.63, 3.8) is 0 Å². The first-order valence-electron chi connectivity index (χ1n) is 4.67. The molecule has 0 fully saturated rings. The number of carboxylic acid groups (broad SMARTS) is 2. The van der Waals surface area contributed by atoms with Gasteiger partial charge in [-0.25, -0.2) is 9.59 Å². The first kappa shape index (κ1) is 20.3. The van der Waals surface area contributed by atoms with Crippen LogP contribution >= 0.6 is 0 Å². The highest BCUT2D eigenvalue weighted by atomic mass is 16.4. The second-order valence-electron chi connectivity index (χ2n) is 3.27. The highest BCUT2D eigenvalue weighted by Gasteiger charge is 1.88. The molecule has 0 unspecified atom stereocenters. The maximum atomic E-state index is 9.55. The number of carboxylic acids is 2. The Kier molecular flexibility index (Phi) is 16.6. The van der Waals surface area contributed by atoms with Crippen LogP contribution in [0.3, 0.4) is 0 Å². The summed E-state index contributed by atoms with van der Waals surface area (Å²) in [5.41, 5.74) is 2.19. The molecule has 96 valence electrons. The van der Waals surface area contributed by atoms with Crippen molar-refractivity contribution in [1.82, 2.24) is 0 Å². The van der Waals surface area contributed by atoms with Crippen molar-refractivity contribution in [2.75, 3.05) is 0 Å². The maximum absolute atomic E-state index is 9.55. The normalized spacial score (nSPS) is 7.94. The van der Waals surface area contributed by atoms with Crippen molar-refractivity contribution in [1.29, 1.82) is 0 Å². The van der Waals surface area contributed by atoms with Gasteiger partial charge in [0.05, 0.1) is 0 Å². The number of aliphatic carboxylic acids is 2. The molecule has 0 aromatic rings. The van der Waals surface area contributed by atoms with Gasteiger partial charge < -0.3 is 10.2 Å². The lowest BCUT2D eigenvalue weighted by Crippen LogP contribution is -1.91. The first-order valence-corrected chi connectivity index (χ1v) is 4.67. The van der Waals surface area contributed by atoms with Gasteiger partial charge in [-0.05, 0) is 20.8 Å². The average Bonchev–Trinajstić information content (AvgIpc) is 2.14. The molecule has 0 aromatic carbocycles. The SMILES string of the molecule is C=C(C)C.C=CC(=C)C.O=C(O)/C=C\C(=O)O. The van der Waals surface area contributed by atoms with Crippen molar-refractivity contribution < 1.29 is 19.8 Å². The number of rotatable bonds is 3. The lowest BCUT2D eigenvalue weighted by molar-refractivity contribution is -0.134. The maximum Gasteiger partial charge on any atom is 0.328 e. The van der Waals surface area contributed by atoms with Gasteiger partial charge in [-0.15, -0.1) is 6.58 Å². The van der Waals surface area contributed by atoms with E-state index < -0.39 is 11.9 Å². The van der Waals surface area contributed by atoms with Gasteiger partial charge in [-0.1, -0.05) is 30.4 Å². The molecular formula is C13H20O4. The molecule has 0 aliphatic rings. The minimum Gasteiger partial charge on any atom is -0.478 e. The molecule has 0 rings (SSSR count). The van der Waals surface area contributed by atoms with E-state index in [2.05, 4.69) is 19.7 Å². The largest absolute Gasteiger partial charge is 0.478 e.